The number of aliphatic carboxylic acids is 1. The summed E-state index contributed by atoms with van der Waals surface area (Å²) in [6, 6.07) is 0.693. The summed E-state index contributed by atoms with van der Waals surface area (Å²) in [5, 5.41) is 9.34. The van der Waals surface area contributed by atoms with Crippen molar-refractivity contribution in [3.8, 4) is 0 Å². The molecule has 1 fully saturated rings. The molecule has 0 aromatic carbocycles. The molecule has 0 aromatic heterocycles. The van der Waals surface area contributed by atoms with Gasteiger partial charge in [0, 0.05) is 12.1 Å². The first-order valence-electron chi connectivity index (χ1n) is 6.95. The Morgan fingerprint density at radius 2 is 2.06 bits per heavy atom. The molecule has 0 heterocycles. The van der Waals surface area contributed by atoms with Gasteiger partial charge < -0.3 is 5.11 Å². The molecule has 3 heteroatoms. The van der Waals surface area contributed by atoms with Crippen molar-refractivity contribution in [2.45, 2.75) is 65.0 Å². The molecule has 0 bridgehead atoms. The van der Waals surface area contributed by atoms with E-state index in [0.717, 1.165) is 25.7 Å². The molecule has 3 nitrogen and oxygen atoms in total. The molecule has 0 amide bonds. The van der Waals surface area contributed by atoms with Crippen LogP contribution in [0.15, 0.2) is 0 Å². The van der Waals surface area contributed by atoms with Crippen LogP contribution in [0.25, 0.3) is 0 Å². The Morgan fingerprint density at radius 1 is 1.41 bits per heavy atom. The first-order valence-corrected chi connectivity index (χ1v) is 6.95. The van der Waals surface area contributed by atoms with Crippen LogP contribution in [0.3, 0.4) is 0 Å². The van der Waals surface area contributed by atoms with Crippen LogP contribution in [0, 0.1) is 11.8 Å². The van der Waals surface area contributed by atoms with Crippen molar-refractivity contribution in [3.63, 3.8) is 0 Å². The van der Waals surface area contributed by atoms with Crippen LogP contribution in [0.1, 0.15) is 52.9 Å². The lowest BCUT2D eigenvalue weighted by atomic mass is 9.76. The van der Waals surface area contributed by atoms with Crippen molar-refractivity contribution in [1.82, 2.24) is 4.90 Å². The molecule has 1 aliphatic rings. The number of hydrogen-bond donors (Lipinski definition) is 1. The smallest absolute Gasteiger partial charge is 0.308 e. The monoisotopic (exact) mass is 241 g/mol. The second-order valence-electron chi connectivity index (χ2n) is 5.52. The molecule has 1 aliphatic carbocycles. The first-order chi connectivity index (χ1) is 8.01. The van der Waals surface area contributed by atoms with E-state index >= 15 is 0 Å². The van der Waals surface area contributed by atoms with Crippen LogP contribution >= 0.6 is 0 Å². The van der Waals surface area contributed by atoms with Gasteiger partial charge in [0.25, 0.3) is 0 Å². The van der Waals surface area contributed by atoms with E-state index in [2.05, 4.69) is 32.7 Å². The molecular formula is C14H27NO2. The number of hydrogen-bond acceptors (Lipinski definition) is 2. The fourth-order valence-corrected chi connectivity index (χ4v) is 2.96. The van der Waals surface area contributed by atoms with Crippen molar-refractivity contribution in [1.29, 1.82) is 0 Å². The van der Waals surface area contributed by atoms with Crippen LogP contribution in [0.2, 0.25) is 0 Å². The first kappa shape index (κ1) is 14.5. The zero-order valence-electron chi connectivity index (χ0n) is 11.6. The van der Waals surface area contributed by atoms with Gasteiger partial charge in [-0.15, -0.1) is 0 Å². The molecule has 17 heavy (non-hydrogen) atoms. The van der Waals surface area contributed by atoms with Gasteiger partial charge >= 0.3 is 5.97 Å². The topological polar surface area (TPSA) is 40.5 Å². The molecule has 1 N–H and O–H groups in total. The summed E-state index contributed by atoms with van der Waals surface area (Å²) >= 11 is 0. The van der Waals surface area contributed by atoms with Gasteiger partial charge in [0.15, 0.2) is 0 Å². The van der Waals surface area contributed by atoms with E-state index in [-0.39, 0.29) is 12.0 Å². The summed E-state index contributed by atoms with van der Waals surface area (Å²) < 4.78 is 0. The number of carboxylic acid groups (broad SMARTS) is 1. The molecule has 4 atom stereocenters. The lowest BCUT2D eigenvalue weighted by Crippen LogP contribution is -2.48. The normalized spacial score (nSPS) is 31.5. The fourth-order valence-electron chi connectivity index (χ4n) is 2.96. The average molecular weight is 241 g/mol. The third-order valence-corrected chi connectivity index (χ3v) is 4.63. The number of carbonyl (C=O) groups is 1. The van der Waals surface area contributed by atoms with Gasteiger partial charge in [0.05, 0.1) is 5.92 Å². The van der Waals surface area contributed by atoms with Crippen molar-refractivity contribution in [3.05, 3.63) is 0 Å². The predicted molar refractivity (Wildman–Crippen MR) is 70.1 cm³/mol. The highest BCUT2D eigenvalue weighted by atomic mass is 16.4. The Bertz CT molecular complexity index is 253. The van der Waals surface area contributed by atoms with E-state index in [0.29, 0.717) is 12.0 Å². The van der Waals surface area contributed by atoms with E-state index in [4.69, 9.17) is 0 Å². The fraction of sp³-hybridized carbons (Fsp3) is 0.929. The maximum Gasteiger partial charge on any atom is 0.308 e. The molecule has 0 aromatic rings. The second-order valence-corrected chi connectivity index (χ2v) is 5.52. The zero-order chi connectivity index (χ0) is 13.0. The molecular weight excluding hydrogens is 214 g/mol. The average Bonchev–Trinajstić information content (AvgIpc) is 2.35. The quantitative estimate of drug-likeness (QED) is 0.804. The van der Waals surface area contributed by atoms with Gasteiger partial charge in [-0.1, -0.05) is 20.3 Å². The Hall–Kier alpha value is -0.570. The predicted octanol–water partition coefficient (Wildman–Crippen LogP) is 3.00. The maximum atomic E-state index is 11.3. The lowest BCUT2D eigenvalue weighted by Gasteiger charge is -2.41. The zero-order valence-corrected chi connectivity index (χ0v) is 11.6. The molecule has 1 rings (SSSR count). The highest BCUT2D eigenvalue weighted by molar-refractivity contribution is 5.71. The second kappa shape index (κ2) is 6.39. The Labute approximate surface area is 105 Å². The van der Waals surface area contributed by atoms with Crippen molar-refractivity contribution in [2.75, 3.05) is 7.05 Å². The van der Waals surface area contributed by atoms with Gasteiger partial charge in [0.1, 0.15) is 0 Å². The summed E-state index contributed by atoms with van der Waals surface area (Å²) in [7, 11) is 2.09. The Balaban J connectivity index is 2.76. The number of carboxylic acids is 1. The van der Waals surface area contributed by atoms with Crippen LogP contribution in [-0.4, -0.2) is 35.1 Å². The molecule has 0 spiro atoms. The van der Waals surface area contributed by atoms with E-state index < -0.39 is 5.97 Å². The minimum absolute atomic E-state index is 0.170. The Morgan fingerprint density at radius 3 is 2.53 bits per heavy atom. The third-order valence-electron chi connectivity index (χ3n) is 4.63. The summed E-state index contributed by atoms with van der Waals surface area (Å²) in [6.45, 7) is 6.57. The van der Waals surface area contributed by atoms with E-state index in [9.17, 15) is 9.90 Å². The largest absolute Gasteiger partial charge is 0.481 e. The van der Waals surface area contributed by atoms with Crippen molar-refractivity contribution in [2.24, 2.45) is 11.8 Å². The highest BCUT2D eigenvalue weighted by Crippen LogP contribution is 2.34. The molecule has 0 aliphatic heterocycles. The van der Waals surface area contributed by atoms with E-state index in [1.807, 2.05) is 0 Å². The minimum Gasteiger partial charge on any atom is -0.481 e. The number of nitrogens with zero attached hydrogens (tertiary/aromatic N) is 1. The standard InChI is InChI=1S/C14H27NO2/c1-5-10(3)15(4)13-9-11(6-2)7-8-12(13)14(16)17/h10-13H,5-9H2,1-4H3,(H,16,17). The lowest BCUT2D eigenvalue weighted by molar-refractivity contribution is -0.146. The van der Waals surface area contributed by atoms with Crippen molar-refractivity contribution < 1.29 is 9.90 Å². The summed E-state index contributed by atoms with van der Waals surface area (Å²) in [4.78, 5) is 13.6. The van der Waals surface area contributed by atoms with Crippen molar-refractivity contribution >= 4 is 5.97 Å². The van der Waals surface area contributed by atoms with Gasteiger partial charge in [-0.25, -0.2) is 0 Å². The molecule has 0 radical (unpaired) electrons. The summed E-state index contributed by atoms with van der Waals surface area (Å²) in [5.74, 6) is -0.0707. The molecule has 100 valence electrons. The minimum atomic E-state index is -0.611. The molecule has 4 unspecified atom stereocenters. The maximum absolute atomic E-state index is 11.3. The van der Waals surface area contributed by atoms with E-state index in [1.54, 1.807) is 0 Å². The SMILES string of the molecule is CCC1CCC(C(=O)O)C(N(C)C(C)CC)C1. The van der Waals surface area contributed by atoms with Gasteiger partial charge in [-0.05, 0) is 45.6 Å². The third kappa shape index (κ3) is 3.44. The van der Waals surface area contributed by atoms with Gasteiger partial charge in [-0.3, -0.25) is 9.69 Å². The van der Waals surface area contributed by atoms with Gasteiger partial charge in [0.2, 0.25) is 0 Å². The molecule has 0 saturated heterocycles. The van der Waals surface area contributed by atoms with Gasteiger partial charge in [-0.2, -0.15) is 0 Å². The molecule has 1 saturated carbocycles. The van der Waals surface area contributed by atoms with Crippen LogP contribution in [-0.2, 0) is 4.79 Å². The highest BCUT2D eigenvalue weighted by Gasteiger charge is 2.37. The summed E-state index contributed by atoms with van der Waals surface area (Å²) in [5.41, 5.74) is 0. The van der Waals surface area contributed by atoms with Crippen LogP contribution < -0.4 is 0 Å². The summed E-state index contributed by atoms with van der Waals surface area (Å²) in [6.07, 6.45) is 5.24. The van der Waals surface area contributed by atoms with Crippen LogP contribution in [0.4, 0.5) is 0 Å². The van der Waals surface area contributed by atoms with E-state index in [1.165, 1.54) is 6.42 Å². The Kier molecular flexibility index (Phi) is 5.44. The number of rotatable bonds is 5. The van der Waals surface area contributed by atoms with Crippen LogP contribution in [0.5, 0.6) is 0 Å².